The summed E-state index contributed by atoms with van der Waals surface area (Å²) in [6.07, 6.45) is 3.45. The summed E-state index contributed by atoms with van der Waals surface area (Å²) in [5, 5.41) is 14.4. The number of benzene rings is 1. The van der Waals surface area contributed by atoms with E-state index in [1.54, 1.807) is 24.5 Å². The summed E-state index contributed by atoms with van der Waals surface area (Å²) in [4.78, 5) is 26.4. The first-order valence-corrected chi connectivity index (χ1v) is 10.5. The van der Waals surface area contributed by atoms with Crippen LogP contribution in [0.25, 0.3) is 28.0 Å². The lowest BCUT2D eigenvalue weighted by Gasteiger charge is -2.13. The highest BCUT2D eigenvalue weighted by molar-refractivity contribution is 5.91. The Bertz CT molecular complexity index is 1530. The van der Waals surface area contributed by atoms with E-state index < -0.39 is 5.69 Å². The van der Waals surface area contributed by atoms with Gasteiger partial charge < -0.3 is 20.1 Å². The quantitative estimate of drug-likeness (QED) is 0.390. The van der Waals surface area contributed by atoms with Crippen LogP contribution in [0.2, 0.25) is 0 Å². The number of pyridine rings is 1. The fourth-order valence-corrected chi connectivity index (χ4v) is 3.85. The number of nitrogens with two attached hydrogens (primary N) is 1. The molecular weight excluding hydrogens is 436 g/mol. The molecule has 34 heavy (non-hydrogen) atoms. The van der Waals surface area contributed by atoms with Gasteiger partial charge in [-0.1, -0.05) is 30.3 Å². The minimum Gasteiger partial charge on any atom is -0.481 e. The molecule has 4 heterocycles. The minimum atomic E-state index is -0.438. The molecule has 0 atom stereocenters. The van der Waals surface area contributed by atoms with E-state index in [4.69, 9.17) is 10.5 Å². The average Bonchev–Trinajstić information content (AvgIpc) is 3.41. The minimum absolute atomic E-state index is 0.0112. The van der Waals surface area contributed by atoms with Crippen molar-refractivity contribution in [2.75, 3.05) is 12.8 Å². The van der Waals surface area contributed by atoms with Gasteiger partial charge in [-0.15, -0.1) is 5.10 Å². The maximum absolute atomic E-state index is 13.3. The van der Waals surface area contributed by atoms with E-state index in [0.717, 1.165) is 5.56 Å². The molecule has 3 N–H and O–H groups in total. The predicted octanol–water partition coefficient (Wildman–Crippen LogP) is 1.48. The van der Waals surface area contributed by atoms with Gasteiger partial charge in [0, 0.05) is 31.1 Å². The number of methoxy groups -OCH3 is 1. The van der Waals surface area contributed by atoms with E-state index in [2.05, 4.69) is 20.1 Å². The van der Waals surface area contributed by atoms with Crippen LogP contribution in [0.3, 0.4) is 0 Å². The van der Waals surface area contributed by atoms with Crippen LogP contribution >= 0.6 is 0 Å². The van der Waals surface area contributed by atoms with E-state index in [1.165, 1.54) is 16.2 Å². The molecule has 0 unspecified atom stereocenters. The number of aliphatic hydroxyl groups excluding tert-OH is 1. The molecule has 0 amide bonds. The van der Waals surface area contributed by atoms with Crippen LogP contribution in [0.15, 0.2) is 59.7 Å². The number of nitrogens with zero attached hydrogens (tertiary/aromatic N) is 7. The summed E-state index contributed by atoms with van der Waals surface area (Å²) in [7, 11) is 3.34. The topological polar surface area (TPSA) is 138 Å². The molecule has 0 saturated heterocycles. The molecule has 0 spiro atoms. The maximum Gasteiger partial charge on any atom is 0.353 e. The molecule has 5 aromatic rings. The summed E-state index contributed by atoms with van der Waals surface area (Å²) >= 11 is 0. The fraction of sp³-hybridized carbons (Fsp3) is 0.174. The van der Waals surface area contributed by atoms with Crippen LogP contribution < -0.4 is 16.2 Å². The standard InChI is InChI=1S/C23H22N8O3/c1-29-9-8-25-17(29)12-30-23(33)31-21(28-30)19(15-10-16(13-32)26-18(11-15)34-2)20(27-22(31)24)14-6-4-3-5-7-14/h3-11,32H,12-13H2,1-2H3,(H2,24,27). The van der Waals surface area contributed by atoms with Crippen LogP contribution in [0.4, 0.5) is 5.95 Å². The largest absolute Gasteiger partial charge is 0.481 e. The SMILES string of the molecule is COc1cc(-c2c(-c3ccccc3)nc(N)n3c(=O)n(Cc4nccn4C)nc23)cc(CO)n1. The number of rotatable bonds is 6. The summed E-state index contributed by atoms with van der Waals surface area (Å²) in [5.41, 5.74) is 9.07. The Hall–Kier alpha value is -4.51. The summed E-state index contributed by atoms with van der Waals surface area (Å²) < 4.78 is 9.73. The van der Waals surface area contributed by atoms with E-state index in [-0.39, 0.29) is 19.1 Å². The van der Waals surface area contributed by atoms with Gasteiger partial charge in [0.25, 0.3) is 0 Å². The Morgan fingerprint density at radius 3 is 2.59 bits per heavy atom. The zero-order chi connectivity index (χ0) is 23.8. The van der Waals surface area contributed by atoms with Crippen LogP contribution in [-0.2, 0) is 20.2 Å². The average molecular weight is 458 g/mol. The second kappa shape index (κ2) is 8.45. The van der Waals surface area contributed by atoms with Crippen LogP contribution in [-0.4, -0.2) is 45.9 Å². The Balaban J connectivity index is 1.84. The van der Waals surface area contributed by atoms with Crippen LogP contribution in [0.1, 0.15) is 11.5 Å². The molecular formula is C23H22N8O3. The van der Waals surface area contributed by atoms with Gasteiger partial charge in [-0.2, -0.15) is 0 Å². The van der Waals surface area contributed by atoms with Crippen molar-refractivity contribution in [2.24, 2.45) is 7.05 Å². The molecule has 1 aromatic carbocycles. The van der Waals surface area contributed by atoms with Gasteiger partial charge in [0.05, 0.1) is 30.7 Å². The molecule has 11 heteroatoms. The Morgan fingerprint density at radius 1 is 1.12 bits per heavy atom. The number of aromatic nitrogens is 7. The lowest BCUT2D eigenvalue weighted by molar-refractivity contribution is 0.274. The van der Waals surface area contributed by atoms with Gasteiger partial charge in [0.1, 0.15) is 12.4 Å². The maximum atomic E-state index is 13.3. The van der Waals surface area contributed by atoms with Crippen LogP contribution in [0, 0.1) is 0 Å². The van der Waals surface area contributed by atoms with Crippen molar-refractivity contribution in [3.8, 4) is 28.3 Å². The van der Waals surface area contributed by atoms with Crippen molar-refractivity contribution in [3.63, 3.8) is 0 Å². The van der Waals surface area contributed by atoms with Crippen molar-refractivity contribution in [2.45, 2.75) is 13.2 Å². The summed E-state index contributed by atoms with van der Waals surface area (Å²) in [6.45, 7) is -0.130. The highest BCUT2D eigenvalue weighted by atomic mass is 16.5. The first-order valence-electron chi connectivity index (χ1n) is 10.5. The number of hydrogen-bond acceptors (Lipinski definition) is 8. The second-order valence-corrected chi connectivity index (χ2v) is 7.66. The van der Waals surface area contributed by atoms with Gasteiger partial charge in [-0.05, 0) is 11.6 Å². The first-order chi connectivity index (χ1) is 16.5. The number of aryl methyl sites for hydroxylation is 1. The number of fused-ring (bicyclic) bond motifs is 1. The molecule has 11 nitrogen and oxygen atoms in total. The summed E-state index contributed by atoms with van der Waals surface area (Å²) in [5.74, 6) is 0.984. The molecule has 5 rings (SSSR count). The Labute approximate surface area is 193 Å². The van der Waals surface area contributed by atoms with Crippen molar-refractivity contribution in [1.29, 1.82) is 0 Å². The number of hydrogen-bond donors (Lipinski definition) is 2. The second-order valence-electron chi connectivity index (χ2n) is 7.66. The third-order valence-electron chi connectivity index (χ3n) is 5.53. The number of aliphatic hydroxyl groups is 1. The lowest BCUT2D eigenvalue weighted by atomic mass is 10.00. The molecule has 172 valence electrons. The number of anilines is 1. The third kappa shape index (κ3) is 3.57. The zero-order valence-electron chi connectivity index (χ0n) is 18.6. The predicted molar refractivity (Wildman–Crippen MR) is 125 cm³/mol. The van der Waals surface area contributed by atoms with Crippen molar-refractivity contribution in [1.82, 2.24) is 33.7 Å². The number of ether oxygens (including phenoxy) is 1. The molecule has 0 fully saturated rings. The van der Waals surface area contributed by atoms with E-state index in [0.29, 0.717) is 39.9 Å². The van der Waals surface area contributed by atoms with E-state index in [9.17, 15) is 9.90 Å². The van der Waals surface area contributed by atoms with Gasteiger partial charge in [-0.25, -0.2) is 28.8 Å². The highest BCUT2D eigenvalue weighted by Gasteiger charge is 2.23. The van der Waals surface area contributed by atoms with Gasteiger partial charge in [0.15, 0.2) is 5.65 Å². The van der Waals surface area contributed by atoms with Gasteiger partial charge in [-0.3, -0.25) is 0 Å². The number of nitrogen functional groups attached to an aromatic ring is 1. The zero-order valence-corrected chi connectivity index (χ0v) is 18.6. The molecule has 0 saturated carbocycles. The van der Waals surface area contributed by atoms with Gasteiger partial charge >= 0.3 is 5.69 Å². The van der Waals surface area contributed by atoms with Crippen molar-refractivity contribution >= 4 is 11.6 Å². The number of imidazole rings is 1. The fourth-order valence-electron chi connectivity index (χ4n) is 3.85. The molecule has 0 aliphatic heterocycles. The Morgan fingerprint density at radius 2 is 1.91 bits per heavy atom. The highest BCUT2D eigenvalue weighted by Crippen LogP contribution is 2.35. The molecule has 0 bridgehead atoms. The summed E-state index contributed by atoms with van der Waals surface area (Å²) in [6, 6.07) is 12.9. The van der Waals surface area contributed by atoms with Gasteiger partial charge in [0.2, 0.25) is 11.8 Å². The van der Waals surface area contributed by atoms with Crippen LogP contribution in [0.5, 0.6) is 5.88 Å². The van der Waals surface area contributed by atoms with E-state index in [1.807, 2.05) is 41.9 Å². The Kier molecular flexibility index (Phi) is 5.30. The monoisotopic (exact) mass is 458 g/mol. The van der Waals surface area contributed by atoms with Crippen molar-refractivity contribution in [3.05, 3.63) is 76.9 Å². The molecule has 0 radical (unpaired) electrons. The van der Waals surface area contributed by atoms with Crippen molar-refractivity contribution < 1.29 is 9.84 Å². The lowest BCUT2D eigenvalue weighted by Crippen LogP contribution is -2.24. The third-order valence-corrected chi connectivity index (χ3v) is 5.53. The first kappa shape index (κ1) is 21.3. The smallest absolute Gasteiger partial charge is 0.353 e. The van der Waals surface area contributed by atoms with E-state index >= 15 is 0 Å². The normalized spacial score (nSPS) is 11.3. The molecule has 4 aromatic heterocycles. The molecule has 0 aliphatic carbocycles. The molecule has 0 aliphatic rings.